The fraction of sp³-hybridized carbons (Fsp3) is 0.429. The number of anilines is 1. The lowest BCUT2D eigenvalue weighted by molar-refractivity contribution is -0.137. The fourth-order valence-corrected chi connectivity index (χ4v) is 3.50. The van der Waals surface area contributed by atoms with Gasteiger partial charge in [0.2, 0.25) is 0 Å². The van der Waals surface area contributed by atoms with Gasteiger partial charge in [-0.1, -0.05) is 12.1 Å². The van der Waals surface area contributed by atoms with E-state index in [1.807, 2.05) is 14.1 Å². The minimum atomic E-state index is -4.32. The Kier molecular flexibility index (Phi) is 5.95. The van der Waals surface area contributed by atoms with Crippen LogP contribution in [0.5, 0.6) is 5.75 Å². The monoisotopic (exact) mass is 378 g/mol. The second-order valence-corrected chi connectivity index (χ2v) is 7.18. The van der Waals surface area contributed by atoms with Crippen molar-refractivity contribution >= 4 is 5.69 Å². The minimum absolute atomic E-state index is 0.270. The van der Waals surface area contributed by atoms with Gasteiger partial charge in [0.05, 0.1) is 12.2 Å². The van der Waals surface area contributed by atoms with E-state index in [1.165, 1.54) is 17.7 Å². The molecule has 1 heterocycles. The van der Waals surface area contributed by atoms with Gasteiger partial charge in [0, 0.05) is 32.2 Å². The summed E-state index contributed by atoms with van der Waals surface area (Å²) in [7, 11) is 4.03. The molecule has 1 saturated heterocycles. The lowest BCUT2D eigenvalue weighted by Crippen LogP contribution is -2.38. The van der Waals surface area contributed by atoms with Crippen LogP contribution in [0.3, 0.4) is 0 Å². The molecule has 3 rings (SSSR count). The third-order valence-electron chi connectivity index (χ3n) is 5.09. The van der Waals surface area contributed by atoms with Crippen LogP contribution >= 0.6 is 0 Å². The van der Waals surface area contributed by atoms with Crippen LogP contribution in [-0.4, -0.2) is 33.8 Å². The first-order chi connectivity index (χ1) is 12.8. The zero-order chi connectivity index (χ0) is 19.4. The van der Waals surface area contributed by atoms with Gasteiger partial charge >= 0.3 is 6.18 Å². The lowest BCUT2D eigenvalue weighted by Gasteiger charge is -2.32. The molecule has 146 valence electrons. The van der Waals surface area contributed by atoms with E-state index in [4.69, 9.17) is 4.74 Å². The summed E-state index contributed by atoms with van der Waals surface area (Å²) in [5.41, 5.74) is 1.78. The van der Waals surface area contributed by atoms with Crippen molar-refractivity contribution in [3.8, 4) is 5.75 Å². The molecule has 2 atom stereocenters. The molecule has 27 heavy (non-hydrogen) atoms. The van der Waals surface area contributed by atoms with E-state index < -0.39 is 11.7 Å². The van der Waals surface area contributed by atoms with E-state index in [1.54, 1.807) is 0 Å². The van der Waals surface area contributed by atoms with Crippen LogP contribution in [0.2, 0.25) is 0 Å². The Morgan fingerprint density at radius 3 is 2.30 bits per heavy atom. The Morgan fingerprint density at radius 1 is 1.04 bits per heavy atom. The van der Waals surface area contributed by atoms with Crippen molar-refractivity contribution in [3.63, 3.8) is 0 Å². The van der Waals surface area contributed by atoms with Crippen LogP contribution in [-0.2, 0) is 6.18 Å². The van der Waals surface area contributed by atoms with Gasteiger partial charge in [-0.3, -0.25) is 0 Å². The predicted molar refractivity (Wildman–Crippen MR) is 101 cm³/mol. The van der Waals surface area contributed by atoms with Gasteiger partial charge in [-0.05, 0) is 60.8 Å². The Balaban J connectivity index is 1.65. The van der Waals surface area contributed by atoms with E-state index in [0.717, 1.165) is 37.3 Å². The molecule has 1 fully saturated rings. The standard InChI is InChI=1S/C21H25F3N2O/c1-26(2)18-7-3-15(4-8-18)20-11-12-25-13-16(20)14-27-19-9-5-17(6-10-19)21(22,23)24/h3-10,16,20,25H,11-14H2,1-2H3. The highest BCUT2D eigenvalue weighted by molar-refractivity contribution is 5.46. The fourth-order valence-electron chi connectivity index (χ4n) is 3.50. The molecule has 2 aromatic carbocycles. The van der Waals surface area contributed by atoms with Crippen molar-refractivity contribution in [2.24, 2.45) is 5.92 Å². The summed E-state index contributed by atoms with van der Waals surface area (Å²) in [4.78, 5) is 2.07. The van der Waals surface area contributed by atoms with Gasteiger partial charge in [-0.15, -0.1) is 0 Å². The normalized spacial score (nSPS) is 20.3. The molecule has 0 radical (unpaired) electrons. The predicted octanol–water partition coefficient (Wildman–Crippen LogP) is 4.54. The average Bonchev–Trinajstić information content (AvgIpc) is 2.66. The number of nitrogens with zero attached hydrogens (tertiary/aromatic N) is 1. The van der Waals surface area contributed by atoms with Crippen LogP contribution in [0.15, 0.2) is 48.5 Å². The maximum absolute atomic E-state index is 12.7. The molecule has 1 aliphatic heterocycles. The first kappa shape index (κ1) is 19.5. The number of piperidine rings is 1. The molecule has 2 aromatic rings. The van der Waals surface area contributed by atoms with Gasteiger partial charge in [0.1, 0.15) is 5.75 Å². The topological polar surface area (TPSA) is 24.5 Å². The third-order valence-corrected chi connectivity index (χ3v) is 5.09. The summed E-state index contributed by atoms with van der Waals surface area (Å²) in [6.45, 7) is 2.26. The van der Waals surface area contributed by atoms with Crippen LogP contribution in [0.25, 0.3) is 0 Å². The van der Waals surface area contributed by atoms with Crippen LogP contribution in [0.1, 0.15) is 23.5 Å². The molecule has 1 N–H and O–H groups in total. The number of ether oxygens (including phenoxy) is 1. The molecule has 1 aliphatic rings. The Hall–Kier alpha value is -2.21. The van der Waals surface area contributed by atoms with E-state index in [2.05, 4.69) is 34.5 Å². The van der Waals surface area contributed by atoms with E-state index in [-0.39, 0.29) is 5.92 Å². The highest BCUT2D eigenvalue weighted by atomic mass is 19.4. The van der Waals surface area contributed by atoms with Gasteiger partial charge in [-0.25, -0.2) is 0 Å². The zero-order valence-corrected chi connectivity index (χ0v) is 15.6. The van der Waals surface area contributed by atoms with E-state index >= 15 is 0 Å². The van der Waals surface area contributed by atoms with E-state index in [9.17, 15) is 13.2 Å². The third kappa shape index (κ3) is 4.95. The molecule has 3 nitrogen and oxygen atoms in total. The number of hydrogen-bond donors (Lipinski definition) is 1. The molecule has 0 aromatic heterocycles. The second-order valence-electron chi connectivity index (χ2n) is 7.18. The summed E-state index contributed by atoms with van der Waals surface area (Å²) >= 11 is 0. The van der Waals surface area contributed by atoms with Crippen LogP contribution < -0.4 is 15.0 Å². The average molecular weight is 378 g/mol. The Morgan fingerprint density at radius 2 is 1.70 bits per heavy atom. The van der Waals surface area contributed by atoms with Crippen molar-refractivity contribution in [2.75, 3.05) is 38.7 Å². The van der Waals surface area contributed by atoms with Crippen LogP contribution in [0.4, 0.5) is 18.9 Å². The summed E-state index contributed by atoms with van der Waals surface area (Å²) in [6.07, 6.45) is -3.31. The Bertz CT molecular complexity index is 727. The molecular weight excluding hydrogens is 353 g/mol. The second kappa shape index (κ2) is 8.21. The lowest BCUT2D eigenvalue weighted by atomic mass is 9.81. The first-order valence-corrected chi connectivity index (χ1v) is 9.12. The van der Waals surface area contributed by atoms with Gasteiger partial charge in [0.25, 0.3) is 0 Å². The summed E-state index contributed by atoms with van der Waals surface area (Å²) in [5.74, 6) is 1.11. The maximum atomic E-state index is 12.7. The molecule has 0 amide bonds. The summed E-state index contributed by atoms with van der Waals surface area (Å²) < 4.78 is 43.8. The highest BCUT2D eigenvalue weighted by Crippen LogP contribution is 2.33. The number of halogens is 3. The number of rotatable bonds is 5. The molecule has 0 spiro atoms. The quantitative estimate of drug-likeness (QED) is 0.827. The van der Waals surface area contributed by atoms with Gasteiger partial charge in [0.15, 0.2) is 0 Å². The van der Waals surface area contributed by atoms with Gasteiger partial charge in [-0.2, -0.15) is 13.2 Å². The molecule has 0 aliphatic carbocycles. The summed E-state index contributed by atoms with van der Waals surface area (Å²) in [5, 5.41) is 3.39. The minimum Gasteiger partial charge on any atom is -0.493 e. The van der Waals surface area contributed by atoms with Gasteiger partial charge < -0.3 is 15.0 Å². The number of nitrogens with one attached hydrogen (secondary N) is 1. The van der Waals surface area contributed by atoms with Crippen molar-refractivity contribution < 1.29 is 17.9 Å². The van der Waals surface area contributed by atoms with Crippen molar-refractivity contribution in [3.05, 3.63) is 59.7 Å². The molecule has 2 unspecified atom stereocenters. The Labute approximate surface area is 158 Å². The smallest absolute Gasteiger partial charge is 0.416 e. The number of hydrogen-bond acceptors (Lipinski definition) is 3. The molecule has 6 heteroatoms. The molecule has 0 saturated carbocycles. The zero-order valence-electron chi connectivity index (χ0n) is 15.6. The SMILES string of the molecule is CN(C)c1ccc(C2CCNCC2COc2ccc(C(F)(F)F)cc2)cc1. The number of alkyl halides is 3. The van der Waals surface area contributed by atoms with E-state index in [0.29, 0.717) is 18.3 Å². The molecule has 0 bridgehead atoms. The largest absolute Gasteiger partial charge is 0.493 e. The first-order valence-electron chi connectivity index (χ1n) is 9.12. The van der Waals surface area contributed by atoms with Crippen LogP contribution in [0, 0.1) is 5.92 Å². The maximum Gasteiger partial charge on any atom is 0.416 e. The number of benzene rings is 2. The van der Waals surface area contributed by atoms with Crippen molar-refractivity contribution in [1.29, 1.82) is 0 Å². The molecular formula is C21H25F3N2O. The van der Waals surface area contributed by atoms with Crippen molar-refractivity contribution in [2.45, 2.75) is 18.5 Å². The summed E-state index contributed by atoms with van der Waals surface area (Å²) in [6, 6.07) is 13.5. The highest BCUT2D eigenvalue weighted by Gasteiger charge is 2.30. The van der Waals surface area contributed by atoms with Crippen molar-refractivity contribution in [1.82, 2.24) is 5.32 Å².